The van der Waals surface area contributed by atoms with Gasteiger partial charge in [-0.05, 0) is 39.3 Å². The van der Waals surface area contributed by atoms with Gasteiger partial charge in [-0.2, -0.15) is 0 Å². The van der Waals surface area contributed by atoms with Gasteiger partial charge in [0, 0.05) is 51.4 Å². The SMILES string of the molecule is CCOCCCNC(=NCc1cc2c(cc1OCC)CC(C)O2)NCC(=O)N(C)C.I. The van der Waals surface area contributed by atoms with E-state index in [0.717, 1.165) is 29.9 Å². The van der Waals surface area contributed by atoms with Crippen molar-refractivity contribution in [2.75, 3.05) is 47.0 Å². The van der Waals surface area contributed by atoms with Crippen LogP contribution in [0.5, 0.6) is 11.5 Å². The molecule has 1 aliphatic rings. The highest BCUT2D eigenvalue weighted by Gasteiger charge is 2.21. The fourth-order valence-corrected chi connectivity index (χ4v) is 3.08. The van der Waals surface area contributed by atoms with E-state index in [1.165, 1.54) is 5.56 Å². The molecule has 1 aromatic carbocycles. The molecule has 1 unspecified atom stereocenters. The summed E-state index contributed by atoms with van der Waals surface area (Å²) in [5, 5.41) is 6.38. The molecule has 0 bridgehead atoms. The first-order chi connectivity index (χ1) is 14.4. The summed E-state index contributed by atoms with van der Waals surface area (Å²) in [7, 11) is 3.46. The van der Waals surface area contributed by atoms with Crippen LogP contribution in [-0.2, 0) is 22.5 Å². The zero-order valence-electron chi connectivity index (χ0n) is 19.3. The van der Waals surface area contributed by atoms with E-state index in [-0.39, 0.29) is 42.5 Å². The Morgan fingerprint density at radius 1 is 1.26 bits per heavy atom. The van der Waals surface area contributed by atoms with Crippen molar-refractivity contribution in [2.45, 2.75) is 46.3 Å². The third-order valence-electron chi connectivity index (χ3n) is 4.65. The van der Waals surface area contributed by atoms with Crippen molar-refractivity contribution in [3.8, 4) is 11.5 Å². The van der Waals surface area contributed by atoms with Crippen molar-refractivity contribution in [2.24, 2.45) is 4.99 Å². The van der Waals surface area contributed by atoms with Gasteiger partial charge in [-0.1, -0.05) is 0 Å². The number of benzene rings is 1. The Kier molecular flexibility index (Phi) is 12.6. The van der Waals surface area contributed by atoms with E-state index >= 15 is 0 Å². The molecule has 2 N–H and O–H groups in total. The van der Waals surface area contributed by atoms with Crippen LogP contribution in [0.15, 0.2) is 17.1 Å². The van der Waals surface area contributed by atoms with Crippen molar-refractivity contribution in [1.82, 2.24) is 15.5 Å². The quantitative estimate of drug-likeness (QED) is 0.192. The van der Waals surface area contributed by atoms with E-state index in [9.17, 15) is 4.79 Å². The van der Waals surface area contributed by atoms with E-state index in [1.54, 1.807) is 19.0 Å². The number of hydrogen-bond donors (Lipinski definition) is 2. The number of halogens is 1. The standard InChI is InChI=1S/C22H36N4O4.HI/c1-6-28-10-8-9-23-22(25-15-21(27)26(4)5)24-14-18-13-20-17(11-16(3)30-20)12-19(18)29-7-2;/h12-13,16H,6-11,14-15H2,1-5H3,(H2,23,24,25);1H. The number of rotatable bonds is 11. The second-order valence-electron chi connectivity index (χ2n) is 7.42. The van der Waals surface area contributed by atoms with Crippen LogP contribution < -0.4 is 20.1 Å². The predicted octanol–water partition coefficient (Wildman–Crippen LogP) is 2.58. The topological polar surface area (TPSA) is 84.4 Å². The lowest BCUT2D eigenvalue weighted by Gasteiger charge is -2.16. The van der Waals surface area contributed by atoms with Gasteiger partial charge in [-0.25, -0.2) is 4.99 Å². The van der Waals surface area contributed by atoms with Crippen LogP contribution in [0.3, 0.4) is 0 Å². The molecule has 1 heterocycles. The Hall–Kier alpha value is -1.75. The van der Waals surface area contributed by atoms with E-state index in [2.05, 4.69) is 28.6 Å². The molecule has 1 amide bonds. The molecule has 0 aromatic heterocycles. The number of hydrogen-bond acceptors (Lipinski definition) is 5. The molecule has 0 radical (unpaired) electrons. The molecule has 8 nitrogen and oxygen atoms in total. The van der Waals surface area contributed by atoms with Gasteiger partial charge < -0.3 is 29.7 Å². The lowest BCUT2D eigenvalue weighted by molar-refractivity contribution is -0.127. The van der Waals surface area contributed by atoms with E-state index in [0.29, 0.717) is 38.9 Å². The number of carbonyl (C=O) groups excluding carboxylic acids is 1. The summed E-state index contributed by atoms with van der Waals surface area (Å²) in [5.41, 5.74) is 2.13. The first-order valence-electron chi connectivity index (χ1n) is 10.7. The molecule has 0 aliphatic carbocycles. The number of likely N-dealkylation sites (N-methyl/N-ethyl adjacent to an activating group) is 1. The van der Waals surface area contributed by atoms with E-state index in [1.807, 2.05) is 19.9 Å². The van der Waals surface area contributed by atoms with Crippen molar-refractivity contribution < 1.29 is 19.0 Å². The van der Waals surface area contributed by atoms with E-state index < -0.39 is 0 Å². The first-order valence-corrected chi connectivity index (χ1v) is 10.7. The van der Waals surface area contributed by atoms with Crippen LogP contribution in [0.25, 0.3) is 0 Å². The van der Waals surface area contributed by atoms with Gasteiger partial charge in [0.2, 0.25) is 5.91 Å². The maximum Gasteiger partial charge on any atom is 0.241 e. The van der Waals surface area contributed by atoms with Crippen LogP contribution in [-0.4, -0.2) is 69.9 Å². The Balaban J connectivity index is 0.00000480. The first kappa shape index (κ1) is 27.3. The van der Waals surface area contributed by atoms with Gasteiger partial charge in [0.15, 0.2) is 5.96 Å². The van der Waals surface area contributed by atoms with Crippen LogP contribution in [0, 0.1) is 0 Å². The molecule has 1 aromatic rings. The normalized spacial score (nSPS) is 14.9. The Labute approximate surface area is 203 Å². The molecule has 1 atom stereocenters. The average molecular weight is 548 g/mol. The van der Waals surface area contributed by atoms with Crippen molar-refractivity contribution >= 4 is 35.8 Å². The molecular formula is C22H37IN4O4. The third-order valence-corrected chi connectivity index (χ3v) is 4.65. The number of amides is 1. The smallest absolute Gasteiger partial charge is 0.241 e. The van der Waals surface area contributed by atoms with Crippen LogP contribution in [0.1, 0.15) is 38.3 Å². The predicted molar refractivity (Wildman–Crippen MR) is 134 cm³/mol. The second-order valence-corrected chi connectivity index (χ2v) is 7.42. The number of aliphatic imine (C=N–C) groups is 1. The lowest BCUT2D eigenvalue weighted by atomic mass is 10.1. The summed E-state index contributed by atoms with van der Waals surface area (Å²) in [6.45, 7) is 9.27. The van der Waals surface area contributed by atoms with Gasteiger partial charge >= 0.3 is 0 Å². The monoisotopic (exact) mass is 548 g/mol. The summed E-state index contributed by atoms with van der Waals surface area (Å²) in [5.74, 6) is 2.29. The van der Waals surface area contributed by atoms with Crippen LogP contribution in [0.4, 0.5) is 0 Å². The fourth-order valence-electron chi connectivity index (χ4n) is 3.08. The second kappa shape index (κ2) is 14.3. The van der Waals surface area contributed by atoms with Crippen molar-refractivity contribution in [1.29, 1.82) is 0 Å². The fraction of sp³-hybridized carbons (Fsp3) is 0.636. The minimum Gasteiger partial charge on any atom is -0.494 e. The lowest BCUT2D eigenvalue weighted by Crippen LogP contribution is -2.43. The van der Waals surface area contributed by atoms with Gasteiger partial charge in [0.1, 0.15) is 17.6 Å². The number of guanidine groups is 1. The molecular weight excluding hydrogens is 511 g/mol. The van der Waals surface area contributed by atoms with Crippen molar-refractivity contribution in [3.63, 3.8) is 0 Å². The molecule has 2 rings (SSSR count). The molecule has 9 heteroatoms. The Morgan fingerprint density at radius 3 is 2.71 bits per heavy atom. The van der Waals surface area contributed by atoms with Crippen LogP contribution >= 0.6 is 24.0 Å². The molecule has 0 spiro atoms. The summed E-state index contributed by atoms with van der Waals surface area (Å²) in [4.78, 5) is 18.2. The van der Waals surface area contributed by atoms with Gasteiger partial charge in [-0.3, -0.25) is 4.79 Å². The minimum atomic E-state index is -0.0197. The Morgan fingerprint density at radius 2 is 2.03 bits per heavy atom. The zero-order chi connectivity index (χ0) is 21.9. The van der Waals surface area contributed by atoms with E-state index in [4.69, 9.17) is 14.2 Å². The number of fused-ring (bicyclic) bond motifs is 1. The number of carbonyl (C=O) groups is 1. The van der Waals surface area contributed by atoms with Gasteiger partial charge in [0.05, 0.1) is 19.7 Å². The highest BCUT2D eigenvalue weighted by molar-refractivity contribution is 14.0. The molecule has 1 aliphatic heterocycles. The molecule has 0 fully saturated rings. The van der Waals surface area contributed by atoms with Crippen molar-refractivity contribution in [3.05, 3.63) is 23.3 Å². The number of ether oxygens (including phenoxy) is 3. The molecule has 0 saturated carbocycles. The molecule has 176 valence electrons. The highest BCUT2D eigenvalue weighted by atomic mass is 127. The summed E-state index contributed by atoms with van der Waals surface area (Å²) in [6, 6.07) is 4.08. The highest BCUT2D eigenvalue weighted by Crippen LogP contribution is 2.35. The summed E-state index contributed by atoms with van der Waals surface area (Å²) >= 11 is 0. The minimum absolute atomic E-state index is 0. The number of nitrogens with zero attached hydrogens (tertiary/aromatic N) is 2. The summed E-state index contributed by atoms with van der Waals surface area (Å²) in [6.07, 6.45) is 1.92. The largest absolute Gasteiger partial charge is 0.494 e. The average Bonchev–Trinajstić information content (AvgIpc) is 3.07. The van der Waals surface area contributed by atoms with Gasteiger partial charge in [0.25, 0.3) is 0 Å². The molecule has 31 heavy (non-hydrogen) atoms. The van der Waals surface area contributed by atoms with Gasteiger partial charge in [-0.15, -0.1) is 24.0 Å². The summed E-state index contributed by atoms with van der Waals surface area (Å²) < 4.78 is 17.1. The number of nitrogens with one attached hydrogen (secondary N) is 2. The third kappa shape index (κ3) is 9.10. The maximum absolute atomic E-state index is 12.0. The molecule has 0 saturated heterocycles. The Bertz CT molecular complexity index is 728. The zero-order valence-corrected chi connectivity index (χ0v) is 21.7. The van der Waals surface area contributed by atoms with Crippen LogP contribution in [0.2, 0.25) is 0 Å². The maximum atomic E-state index is 12.0.